The van der Waals surface area contributed by atoms with Gasteiger partial charge in [0.2, 0.25) is 23.3 Å². The van der Waals surface area contributed by atoms with Crippen molar-refractivity contribution in [1.29, 1.82) is 0 Å². The zero-order valence-electron chi connectivity index (χ0n) is 12.4. The lowest BCUT2D eigenvalue weighted by atomic mass is 10.1. The topological polar surface area (TPSA) is 121 Å². The van der Waals surface area contributed by atoms with Gasteiger partial charge in [-0.3, -0.25) is 0 Å². The summed E-state index contributed by atoms with van der Waals surface area (Å²) in [4.78, 5) is 3.33. The first kappa shape index (κ1) is 12.8. The normalized spacial score (nSPS) is 13.3. The van der Waals surface area contributed by atoms with Crippen LogP contribution < -0.4 is 10.3 Å². The van der Waals surface area contributed by atoms with E-state index in [1.165, 1.54) is 5.01 Å². The van der Waals surface area contributed by atoms with E-state index in [0.29, 0.717) is 23.3 Å². The molecule has 2 N–H and O–H groups in total. The Labute approximate surface area is 134 Å². The van der Waals surface area contributed by atoms with Gasteiger partial charge >= 0.3 is 0 Å². The Bertz CT molecular complexity index is 1040. The van der Waals surface area contributed by atoms with Crippen LogP contribution in [0.25, 0.3) is 10.9 Å². The van der Waals surface area contributed by atoms with Crippen LogP contribution in [0, 0.1) is 6.92 Å². The van der Waals surface area contributed by atoms with Crippen molar-refractivity contribution in [2.45, 2.75) is 6.92 Å². The van der Waals surface area contributed by atoms with E-state index in [4.69, 9.17) is 9.26 Å². The van der Waals surface area contributed by atoms with Gasteiger partial charge in [0.15, 0.2) is 0 Å². The summed E-state index contributed by atoms with van der Waals surface area (Å²) in [6.07, 6.45) is 1.73. The van der Waals surface area contributed by atoms with E-state index in [2.05, 4.69) is 36.0 Å². The van der Waals surface area contributed by atoms with E-state index < -0.39 is 0 Å². The van der Waals surface area contributed by atoms with Crippen LogP contribution >= 0.6 is 0 Å². The van der Waals surface area contributed by atoms with E-state index in [-0.39, 0.29) is 0 Å². The molecule has 0 bridgehead atoms. The second kappa shape index (κ2) is 4.65. The molecule has 0 atom stereocenters. The highest BCUT2D eigenvalue weighted by molar-refractivity contribution is 6.01. The lowest BCUT2D eigenvalue weighted by Gasteiger charge is -2.17. The average molecular weight is 322 g/mol. The molecule has 24 heavy (non-hydrogen) atoms. The van der Waals surface area contributed by atoms with Gasteiger partial charge in [-0.1, -0.05) is 18.2 Å². The summed E-state index contributed by atoms with van der Waals surface area (Å²) < 4.78 is 9.52. The number of aromatic nitrogens is 5. The average Bonchev–Trinajstić information content (AvgIpc) is 3.29. The maximum atomic E-state index is 4.76. The van der Waals surface area contributed by atoms with Gasteiger partial charge in [-0.2, -0.15) is 10.1 Å². The largest absolute Gasteiger partial charge is 0.358 e. The number of aryl methyl sites for hydroxylation is 1. The number of hydrogen-bond donors (Lipinski definition) is 2. The van der Waals surface area contributed by atoms with Crippen LogP contribution in [0.15, 0.2) is 38.6 Å². The Morgan fingerprint density at radius 2 is 1.75 bits per heavy atom. The fourth-order valence-electron chi connectivity index (χ4n) is 2.71. The van der Waals surface area contributed by atoms with Crippen molar-refractivity contribution in [1.82, 2.24) is 25.6 Å². The van der Waals surface area contributed by atoms with Gasteiger partial charge in [0.05, 0.1) is 6.21 Å². The molecular weight excluding hydrogens is 312 g/mol. The van der Waals surface area contributed by atoms with Crippen molar-refractivity contribution in [3.05, 3.63) is 35.5 Å². The number of hydrogen-bond acceptors (Lipinski definition) is 9. The van der Waals surface area contributed by atoms with E-state index in [9.17, 15) is 0 Å². The van der Waals surface area contributed by atoms with Gasteiger partial charge in [-0.05, 0) is 33.6 Å². The zero-order valence-corrected chi connectivity index (χ0v) is 12.4. The molecule has 0 unspecified atom stereocenters. The Balaban J connectivity index is 1.62. The number of hydrazone groups is 1. The standard InChI is InChI=1S/C14H10N8O2/c1-7-9(8-4-2-3-5-10(8)16-7)6-15-22-13-11(18-23-20-13)17-12-14(22)21-24-19-12/h2-6,16H,1H3,(H,17,18,19)/b15-6+. The molecule has 1 aliphatic rings. The molecule has 0 radical (unpaired) electrons. The van der Waals surface area contributed by atoms with Gasteiger partial charge in [0.1, 0.15) is 0 Å². The van der Waals surface area contributed by atoms with Crippen molar-refractivity contribution in [2.24, 2.45) is 5.10 Å². The number of anilines is 4. The Hall–Kier alpha value is -3.69. The predicted molar refractivity (Wildman–Crippen MR) is 84.6 cm³/mol. The van der Waals surface area contributed by atoms with Gasteiger partial charge in [-0.25, -0.2) is 9.26 Å². The Morgan fingerprint density at radius 1 is 1.04 bits per heavy atom. The van der Waals surface area contributed by atoms with Crippen LogP contribution in [0.4, 0.5) is 23.3 Å². The predicted octanol–water partition coefficient (Wildman–Crippen LogP) is 2.47. The zero-order chi connectivity index (χ0) is 16.1. The molecule has 0 aliphatic carbocycles. The van der Waals surface area contributed by atoms with Crippen molar-refractivity contribution >= 4 is 40.4 Å². The first-order valence-electron chi connectivity index (χ1n) is 7.15. The number of benzene rings is 1. The van der Waals surface area contributed by atoms with Gasteiger partial charge < -0.3 is 10.3 Å². The lowest BCUT2D eigenvalue weighted by Crippen LogP contribution is -2.17. The van der Waals surface area contributed by atoms with Crippen molar-refractivity contribution in [3.63, 3.8) is 0 Å². The highest BCUT2D eigenvalue weighted by Crippen LogP contribution is 2.39. The molecule has 1 aromatic carbocycles. The third-order valence-corrected chi connectivity index (χ3v) is 3.83. The van der Waals surface area contributed by atoms with Crippen LogP contribution in [-0.2, 0) is 0 Å². The molecule has 0 spiro atoms. The number of fused-ring (bicyclic) bond motifs is 3. The molecule has 4 heterocycles. The highest BCUT2D eigenvalue weighted by Gasteiger charge is 2.31. The summed E-state index contributed by atoms with van der Waals surface area (Å²) >= 11 is 0. The highest BCUT2D eigenvalue weighted by atomic mass is 16.6. The monoisotopic (exact) mass is 322 g/mol. The van der Waals surface area contributed by atoms with Crippen LogP contribution in [0.3, 0.4) is 0 Å². The number of rotatable bonds is 2. The molecular formula is C14H10N8O2. The molecule has 1 aliphatic heterocycles. The fourth-order valence-corrected chi connectivity index (χ4v) is 2.71. The number of H-pyrrole nitrogens is 1. The fraction of sp³-hybridized carbons (Fsp3) is 0.0714. The molecule has 10 nitrogen and oxygen atoms in total. The Morgan fingerprint density at radius 3 is 2.50 bits per heavy atom. The third-order valence-electron chi connectivity index (χ3n) is 3.83. The third kappa shape index (κ3) is 1.73. The van der Waals surface area contributed by atoms with Crippen molar-refractivity contribution < 1.29 is 9.26 Å². The number of nitrogens with one attached hydrogen (secondary N) is 2. The molecule has 5 rings (SSSR count). The van der Waals surface area contributed by atoms with Crippen LogP contribution in [0.1, 0.15) is 11.3 Å². The van der Waals surface area contributed by atoms with E-state index in [1.54, 1.807) is 6.21 Å². The summed E-state index contributed by atoms with van der Waals surface area (Å²) in [6.45, 7) is 1.99. The quantitative estimate of drug-likeness (QED) is 0.540. The number of aromatic amines is 1. The summed E-state index contributed by atoms with van der Waals surface area (Å²) in [5.74, 6) is 1.55. The molecule has 3 aromatic heterocycles. The first-order chi connectivity index (χ1) is 11.8. The van der Waals surface area contributed by atoms with Crippen molar-refractivity contribution in [3.8, 4) is 0 Å². The lowest BCUT2D eigenvalue weighted by molar-refractivity contribution is 0.304. The number of nitrogens with zero attached hydrogens (tertiary/aromatic N) is 6. The summed E-state index contributed by atoms with van der Waals surface area (Å²) in [5, 5.41) is 25.2. The van der Waals surface area contributed by atoms with E-state index in [1.807, 2.05) is 31.2 Å². The van der Waals surface area contributed by atoms with E-state index >= 15 is 0 Å². The van der Waals surface area contributed by atoms with Crippen LogP contribution in [-0.4, -0.2) is 31.8 Å². The molecule has 4 aromatic rings. The van der Waals surface area contributed by atoms with Crippen LogP contribution in [0.5, 0.6) is 0 Å². The van der Waals surface area contributed by atoms with Gasteiger partial charge in [-0.15, -0.1) is 0 Å². The van der Waals surface area contributed by atoms with E-state index in [0.717, 1.165) is 22.2 Å². The minimum absolute atomic E-state index is 0.381. The minimum Gasteiger partial charge on any atom is -0.358 e. The summed E-state index contributed by atoms with van der Waals surface area (Å²) in [7, 11) is 0. The van der Waals surface area contributed by atoms with Crippen LogP contribution in [0.2, 0.25) is 0 Å². The van der Waals surface area contributed by atoms with Crippen molar-refractivity contribution in [2.75, 3.05) is 10.3 Å². The minimum atomic E-state index is 0.381. The second-order valence-electron chi connectivity index (χ2n) is 5.26. The van der Waals surface area contributed by atoms with Gasteiger partial charge in [0.25, 0.3) is 0 Å². The maximum Gasteiger partial charge on any atom is 0.244 e. The molecule has 118 valence electrons. The van der Waals surface area contributed by atoms with Gasteiger partial charge in [0, 0.05) is 22.2 Å². The smallest absolute Gasteiger partial charge is 0.244 e. The molecule has 0 fully saturated rings. The number of para-hydroxylation sites is 1. The molecule has 10 heteroatoms. The molecule has 0 amide bonds. The maximum absolute atomic E-state index is 4.76. The second-order valence-corrected chi connectivity index (χ2v) is 5.26. The Kier molecular flexibility index (Phi) is 2.48. The summed E-state index contributed by atoms with van der Waals surface area (Å²) in [5.41, 5.74) is 3.02. The molecule has 0 saturated carbocycles. The summed E-state index contributed by atoms with van der Waals surface area (Å²) in [6, 6.07) is 8.02. The molecule has 0 saturated heterocycles. The SMILES string of the molecule is Cc1[nH]c2ccccc2c1/C=N/N1c2nonc2Nc2nonc21. The first-order valence-corrected chi connectivity index (χ1v) is 7.15.